The van der Waals surface area contributed by atoms with Gasteiger partial charge in [-0.15, -0.1) is 0 Å². The molecule has 6 rings (SSSR count). The number of nitrogens with zero attached hydrogens (tertiary/aromatic N) is 4. The van der Waals surface area contributed by atoms with E-state index in [1.165, 1.54) is 136 Å². The van der Waals surface area contributed by atoms with E-state index in [0.29, 0.717) is 13.2 Å². The molecule has 70 heavy (non-hydrogen) atoms. The first-order valence-corrected chi connectivity index (χ1v) is 25.3. The van der Waals surface area contributed by atoms with Crippen molar-refractivity contribution in [2.75, 3.05) is 13.2 Å². The van der Waals surface area contributed by atoms with Crippen LogP contribution in [0.4, 0.5) is 8.63 Å². The van der Waals surface area contributed by atoms with Crippen molar-refractivity contribution in [3.8, 4) is 22.3 Å². The molecule has 0 spiro atoms. The number of hydrogen-bond donors (Lipinski definition) is 2. The van der Waals surface area contributed by atoms with Gasteiger partial charge in [0.1, 0.15) is 27.9 Å². The summed E-state index contributed by atoms with van der Waals surface area (Å²) >= 11 is 0. The number of hydrogen-bond acceptors (Lipinski definition) is 6. The fourth-order valence-corrected chi connectivity index (χ4v) is 7.98. The van der Waals surface area contributed by atoms with Gasteiger partial charge in [-0.05, 0) is 47.9 Å². The predicted molar refractivity (Wildman–Crippen MR) is 267 cm³/mol. The summed E-state index contributed by atoms with van der Waals surface area (Å²) in [5.74, 6) is 0. The van der Waals surface area contributed by atoms with E-state index in [1.54, 1.807) is 0 Å². The SMILES string of the molecule is OCCCCCCCCCCC[n+]1ccc(-c2cc[n+](Cc3ccccc3)cc2)cc1.OCCCCCCCCCCC[n+]1ccc(-c2cc[n+](Cc3ccccc3)cc2)cc1.[O-]B([O-])F.[O-]B([O-])F. The Morgan fingerprint density at radius 2 is 0.529 bits per heavy atom. The van der Waals surface area contributed by atoms with E-state index in [-0.39, 0.29) is 0 Å². The molecular weight excluding hydrogens is 884 g/mol. The summed E-state index contributed by atoms with van der Waals surface area (Å²) in [5, 5.41) is 50.8. The Bertz CT molecular complexity index is 1970. The Labute approximate surface area is 417 Å². The Hall–Kier alpha value is -5.21. The van der Waals surface area contributed by atoms with Crippen molar-refractivity contribution >= 4 is 14.8 Å². The lowest BCUT2D eigenvalue weighted by Crippen LogP contribution is -2.39. The highest BCUT2D eigenvalue weighted by molar-refractivity contribution is 6.27. The molecule has 14 heteroatoms. The number of aromatic nitrogens is 4. The number of unbranched alkanes of at least 4 members (excludes halogenated alkanes) is 16. The summed E-state index contributed by atoms with van der Waals surface area (Å²) in [4.78, 5) is 0. The fourth-order valence-electron chi connectivity index (χ4n) is 7.98. The van der Waals surface area contributed by atoms with Gasteiger partial charge in [0.05, 0.1) is 0 Å². The zero-order chi connectivity index (χ0) is 50.3. The van der Waals surface area contributed by atoms with Crippen LogP contribution in [-0.4, -0.2) is 38.2 Å². The molecule has 0 bridgehead atoms. The van der Waals surface area contributed by atoms with Gasteiger partial charge in [-0.1, -0.05) is 138 Å². The first-order chi connectivity index (χ1) is 34.2. The molecule has 2 N–H and O–H groups in total. The fraction of sp³-hybridized carbons (Fsp3) is 0.429. The molecule has 10 nitrogen and oxygen atoms in total. The van der Waals surface area contributed by atoms with Crippen molar-refractivity contribution < 1.29 is 57.2 Å². The van der Waals surface area contributed by atoms with E-state index in [4.69, 9.17) is 30.3 Å². The van der Waals surface area contributed by atoms with Crippen LogP contribution in [0.5, 0.6) is 0 Å². The monoisotopic (exact) mass is 961 g/mol. The zero-order valence-electron chi connectivity index (χ0n) is 41.2. The second kappa shape index (κ2) is 38.5. The normalized spacial score (nSPS) is 10.5. The topological polar surface area (TPSA) is 148 Å². The van der Waals surface area contributed by atoms with E-state index in [1.807, 2.05) is 0 Å². The largest absolute Gasteiger partial charge is 0.867 e. The van der Waals surface area contributed by atoms with Crippen molar-refractivity contribution in [3.63, 3.8) is 0 Å². The highest BCUT2D eigenvalue weighted by Gasteiger charge is 2.09. The number of aliphatic hydroxyl groups excluding tert-OH is 2. The molecule has 0 radical (unpaired) electrons. The molecule has 4 aromatic heterocycles. The minimum absolute atomic E-state index is 0.346. The van der Waals surface area contributed by atoms with E-state index >= 15 is 0 Å². The third kappa shape index (κ3) is 29.1. The highest BCUT2D eigenvalue weighted by Crippen LogP contribution is 2.18. The Morgan fingerprint density at radius 1 is 0.314 bits per heavy atom. The Morgan fingerprint density at radius 3 is 0.771 bits per heavy atom. The van der Waals surface area contributed by atoms with Crippen LogP contribution in [0.2, 0.25) is 0 Å². The number of pyridine rings is 4. The minimum atomic E-state index is -3.17. The maximum absolute atomic E-state index is 9.89. The van der Waals surface area contributed by atoms with Crippen LogP contribution in [0.1, 0.15) is 127 Å². The summed E-state index contributed by atoms with van der Waals surface area (Å²) in [6, 6.07) is 38.8. The molecule has 2 aromatic carbocycles. The highest BCUT2D eigenvalue weighted by atomic mass is 19.1. The summed E-state index contributed by atoms with van der Waals surface area (Å²) in [6.07, 6.45) is 40.2. The molecule has 0 unspecified atom stereocenters. The second-order valence-corrected chi connectivity index (χ2v) is 17.5. The van der Waals surface area contributed by atoms with Crippen LogP contribution in [0.25, 0.3) is 22.3 Å². The van der Waals surface area contributed by atoms with Crippen molar-refractivity contribution in [1.29, 1.82) is 0 Å². The van der Waals surface area contributed by atoms with Crippen LogP contribution < -0.4 is 38.4 Å². The Balaban J connectivity index is 0.000000321. The average molecular weight is 961 g/mol. The van der Waals surface area contributed by atoms with E-state index in [0.717, 1.165) is 39.0 Å². The number of benzene rings is 2. The molecule has 0 atom stereocenters. The lowest BCUT2D eigenvalue weighted by Gasteiger charge is -2.09. The predicted octanol–water partition coefficient (Wildman–Crippen LogP) is 6.28. The third-order valence-corrected chi connectivity index (χ3v) is 11.8. The van der Waals surface area contributed by atoms with Crippen LogP contribution in [0.3, 0.4) is 0 Å². The lowest BCUT2D eigenvalue weighted by atomic mass is 10.1. The standard InChI is InChI=1S/2C28H38N2O.2BFO2/c2*31-24-12-7-5-3-1-2-4-6-11-19-29-20-15-27(16-21-29)28-17-22-30(23-18-28)25-26-13-9-8-10-14-26;2*2-1(3)4/h2*8-10,13-18,20-23,31H,1-7,11-12,19,24-25H2;;/q2*+2;2*-2. The lowest BCUT2D eigenvalue weighted by molar-refractivity contribution is -0.697. The summed E-state index contributed by atoms with van der Waals surface area (Å²) < 4.78 is 28.8. The molecule has 376 valence electrons. The maximum atomic E-state index is 9.89. The average Bonchev–Trinajstić information content (AvgIpc) is 3.36. The van der Waals surface area contributed by atoms with Crippen LogP contribution in [0, 0.1) is 0 Å². The smallest absolute Gasteiger partial charge is 0.173 e. The summed E-state index contributed by atoms with van der Waals surface area (Å²) in [7, 11) is -6.33. The van der Waals surface area contributed by atoms with Crippen molar-refractivity contribution in [1.82, 2.24) is 0 Å². The molecule has 4 heterocycles. The number of halogens is 2. The molecule has 6 aromatic rings. The van der Waals surface area contributed by atoms with Gasteiger partial charge in [0.2, 0.25) is 0 Å². The van der Waals surface area contributed by atoms with Gasteiger partial charge in [-0.25, -0.2) is 18.3 Å². The van der Waals surface area contributed by atoms with Gasteiger partial charge in [0, 0.05) is 85.7 Å². The van der Waals surface area contributed by atoms with Gasteiger partial charge in [-0.3, -0.25) is 0 Å². The molecule has 0 aliphatic heterocycles. The molecule has 0 saturated carbocycles. The van der Waals surface area contributed by atoms with Crippen molar-refractivity contribution in [2.45, 2.75) is 142 Å². The molecule has 0 aliphatic carbocycles. The number of rotatable bonds is 28. The zero-order valence-corrected chi connectivity index (χ0v) is 41.2. The number of aliphatic hydroxyl groups is 2. The van der Waals surface area contributed by atoms with Crippen LogP contribution in [0.15, 0.2) is 159 Å². The first kappa shape index (κ1) is 59.1. The van der Waals surface area contributed by atoms with Crippen molar-refractivity contribution in [2.24, 2.45) is 0 Å². The molecule has 0 amide bonds. The maximum Gasteiger partial charge on any atom is 0.173 e. The van der Waals surface area contributed by atoms with E-state index in [2.05, 4.69) is 177 Å². The van der Waals surface area contributed by atoms with Gasteiger partial charge in [0.15, 0.2) is 62.7 Å². The molecular formula is C56H76B2F2N4O6. The molecule has 0 saturated heterocycles. The minimum Gasteiger partial charge on any atom is -0.867 e. The first-order valence-electron chi connectivity index (χ1n) is 25.3. The van der Waals surface area contributed by atoms with Crippen LogP contribution >= 0.6 is 0 Å². The molecule has 0 aliphatic rings. The van der Waals surface area contributed by atoms with Gasteiger partial charge in [-0.2, -0.15) is 0 Å². The third-order valence-electron chi connectivity index (χ3n) is 11.8. The quantitative estimate of drug-likeness (QED) is 0.0336. The second-order valence-electron chi connectivity index (χ2n) is 17.5. The summed E-state index contributed by atoms with van der Waals surface area (Å²) in [6.45, 7) is 4.70. The van der Waals surface area contributed by atoms with E-state index in [9.17, 15) is 8.63 Å². The summed E-state index contributed by atoms with van der Waals surface area (Å²) in [5.41, 5.74) is 7.69. The van der Waals surface area contributed by atoms with Gasteiger partial charge < -0.3 is 38.9 Å². The van der Waals surface area contributed by atoms with Crippen molar-refractivity contribution in [3.05, 3.63) is 170 Å². The van der Waals surface area contributed by atoms with E-state index < -0.39 is 14.8 Å². The van der Waals surface area contributed by atoms with Gasteiger partial charge >= 0.3 is 0 Å². The van der Waals surface area contributed by atoms with Crippen LogP contribution in [-0.2, 0) is 26.2 Å². The number of aryl methyl sites for hydroxylation is 2. The van der Waals surface area contributed by atoms with Gasteiger partial charge in [0.25, 0.3) is 0 Å². The Kier molecular flexibility index (Phi) is 32.5. The molecule has 0 fully saturated rings.